The van der Waals surface area contributed by atoms with Gasteiger partial charge in [0.2, 0.25) is 0 Å². The fraction of sp³-hybridized carbons (Fsp3) is 0.0625. The third-order valence-electron chi connectivity index (χ3n) is 3.33. The van der Waals surface area contributed by atoms with E-state index in [1.54, 1.807) is 24.3 Å². The van der Waals surface area contributed by atoms with Gasteiger partial charge in [0.05, 0.1) is 23.7 Å². The van der Waals surface area contributed by atoms with Gasteiger partial charge in [-0.15, -0.1) is 0 Å². The van der Waals surface area contributed by atoms with Crippen LogP contribution in [0.2, 0.25) is 0 Å². The van der Waals surface area contributed by atoms with Gasteiger partial charge in [0.15, 0.2) is 0 Å². The van der Waals surface area contributed by atoms with Gasteiger partial charge in [0.25, 0.3) is 5.91 Å². The van der Waals surface area contributed by atoms with Crippen LogP contribution in [0.1, 0.15) is 10.4 Å². The lowest BCUT2D eigenvalue weighted by Crippen LogP contribution is -2.30. The molecular formula is C16H12N2O4. The fourth-order valence-electron chi connectivity index (χ4n) is 2.24. The van der Waals surface area contributed by atoms with Gasteiger partial charge in [0, 0.05) is 5.22 Å². The molecule has 0 atom stereocenters. The third kappa shape index (κ3) is 2.25. The molecule has 0 spiro atoms. The normalized spacial score (nSPS) is 12.6. The molecule has 0 aromatic heterocycles. The molecule has 0 radical (unpaired) electrons. The minimum atomic E-state index is -0.513. The van der Waals surface area contributed by atoms with Gasteiger partial charge < -0.3 is 4.74 Å². The predicted molar refractivity (Wildman–Crippen MR) is 77.7 cm³/mol. The van der Waals surface area contributed by atoms with Gasteiger partial charge in [-0.3, -0.25) is 10.0 Å². The zero-order chi connectivity index (χ0) is 15.7. The number of hydroxylamine groups is 1. The number of carbonyl (C=O) groups is 2. The second-order valence-corrected chi connectivity index (χ2v) is 4.63. The zero-order valence-electron chi connectivity index (χ0n) is 11.7. The molecule has 0 unspecified atom stereocenters. The Morgan fingerprint density at radius 2 is 1.82 bits per heavy atom. The van der Waals surface area contributed by atoms with Gasteiger partial charge >= 0.3 is 5.97 Å². The maximum atomic E-state index is 12.0. The van der Waals surface area contributed by atoms with Crippen molar-refractivity contribution in [2.75, 3.05) is 12.2 Å². The van der Waals surface area contributed by atoms with Crippen LogP contribution in [0.3, 0.4) is 0 Å². The van der Waals surface area contributed by atoms with Crippen LogP contribution >= 0.6 is 0 Å². The highest BCUT2D eigenvalue weighted by atomic mass is 16.5. The molecule has 1 aliphatic rings. The Kier molecular flexibility index (Phi) is 3.44. The average Bonchev–Trinajstić information content (AvgIpc) is 2.89. The molecule has 22 heavy (non-hydrogen) atoms. The van der Waals surface area contributed by atoms with E-state index in [2.05, 4.69) is 9.73 Å². The fourth-order valence-corrected chi connectivity index (χ4v) is 2.24. The van der Waals surface area contributed by atoms with E-state index in [0.29, 0.717) is 21.8 Å². The largest absolute Gasteiger partial charge is 0.465 e. The van der Waals surface area contributed by atoms with E-state index in [1.165, 1.54) is 31.4 Å². The standard InChI is InChI=1S/C16H12N2O4/c1-22-16(20)10-6-8-11(9-7-10)18(21)14-12-4-2-3-5-13(12)17-15(14)19/h2-9,21H,1H3. The number of rotatable bonds is 3. The quantitative estimate of drug-likeness (QED) is 0.664. The van der Waals surface area contributed by atoms with Crippen LogP contribution in [0.4, 0.5) is 5.69 Å². The Balaban J connectivity index is 2.02. The first-order chi connectivity index (χ1) is 10.6. The molecule has 1 aliphatic heterocycles. The minimum absolute atomic E-state index is 0.0846. The number of carbonyl (C=O) groups excluding carboxylic acids is 2. The highest BCUT2D eigenvalue weighted by Gasteiger charge is 2.23. The third-order valence-corrected chi connectivity index (χ3v) is 3.33. The van der Waals surface area contributed by atoms with Gasteiger partial charge in [0.1, 0.15) is 5.70 Å². The van der Waals surface area contributed by atoms with Gasteiger partial charge in [-0.25, -0.2) is 14.9 Å². The van der Waals surface area contributed by atoms with E-state index < -0.39 is 11.9 Å². The van der Waals surface area contributed by atoms with Crippen LogP contribution in [0, 0.1) is 0 Å². The lowest BCUT2D eigenvalue weighted by Gasteiger charge is -2.16. The SMILES string of the molecule is COC(=O)c1ccc(N(O)C2=c3ccccc3=NC2=O)cc1. The summed E-state index contributed by atoms with van der Waals surface area (Å²) in [6.07, 6.45) is 0. The van der Waals surface area contributed by atoms with Gasteiger partial charge in [-0.05, 0) is 30.3 Å². The van der Waals surface area contributed by atoms with E-state index >= 15 is 0 Å². The van der Waals surface area contributed by atoms with Crippen molar-refractivity contribution in [3.8, 4) is 0 Å². The number of anilines is 1. The second-order valence-electron chi connectivity index (χ2n) is 4.63. The van der Waals surface area contributed by atoms with Crippen molar-refractivity contribution >= 4 is 23.3 Å². The Labute approximate surface area is 125 Å². The summed E-state index contributed by atoms with van der Waals surface area (Å²) >= 11 is 0. The van der Waals surface area contributed by atoms with Crippen molar-refractivity contribution < 1.29 is 19.5 Å². The van der Waals surface area contributed by atoms with Crippen LogP contribution in [-0.2, 0) is 9.53 Å². The number of esters is 1. The Hall–Kier alpha value is -2.99. The summed E-state index contributed by atoms with van der Waals surface area (Å²) in [6, 6.07) is 13.0. The molecule has 1 heterocycles. The summed E-state index contributed by atoms with van der Waals surface area (Å²) in [5.74, 6) is -0.985. The molecular weight excluding hydrogens is 284 g/mol. The smallest absolute Gasteiger partial charge is 0.337 e. The van der Waals surface area contributed by atoms with Crippen LogP contribution in [-0.4, -0.2) is 24.2 Å². The number of amides is 1. The first-order valence-electron chi connectivity index (χ1n) is 6.51. The molecule has 3 rings (SSSR count). The number of para-hydroxylation sites is 1. The predicted octanol–water partition coefficient (Wildman–Crippen LogP) is 0.637. The number of hydrogen-bond donors (Lipinski definition) is 1. The Morgan fingerprint density at radius 3 is 2.50 bits per heavy atom. The minimum Gasteiger partial charge on any atom is -0.465 e. The van der Waals surface area contributed by atoms with E-state index in [9.17, 15) is 14.8 Å². The molecule has 0 saturated heterocycles. The number of ether oxygens (including phenoxy) is 1. The molecule has 0 saturated carbocycles. The first-order valence-corrected chi connectivity index (χ1v) is 6.51. The topological polar surface area (TPSA) is 79.2 Å². The Bertz CT molecular complexity index is 872. The van der Waals surface area contributed by atoms with E-state index in [1.807, 2.05) is 0 Å². The molecule has 1 amide bonds. The van der Waals surface area contributed by atoms with Crippen molar-refractivity contribution in [1.82, 2.24) is 0 Å². The van der Waals surface area contributed by atoms with Crippen molar-refractivity contribution in [2.24, 2.45) is 4.99 Å². The van der Waals surface area contributed by atoms with Gasteiger partial charge in [-0.2, -0.15) is 0 Å². The Morgan fingerprint density at radius 1 is 1.14 bits per heavy atom. The van der Waals surface area contributed by atoms with Gasteiger partial charge in [-0.1, -0.05) is 18.2 Å². The molecule has 0 aliphatic carbocycles. The summed E-state index contributed by atoms with van der Waals surface area (Å²) in [5.41, 5.74) is 0.789. The molecule has 0 bridgehead atoms. The number of methoxy groups -OCH3 is 1. The molecule has 1 N–H and O–H groups in total. The van der Waals surface area contributed by atoms with E-state index in [0.717, 1.165) is 5.06 Å². The van der Waals surface area contributed by atoms with Crippen LogP contribution < -0.4 is 15.6 Å². The average molecular weight is 296 g/mol. The maximum Gasteiger partial charge on any atom is 0.337 e. The number of fused-ring (bicyclic) bond motifs is 1. The number of nitrogens with zero attached hydrogens (tertiary/aromatic N) is 2. The molecule has 2 aromatic rings. The lowest BCUT2D eigenvalue weighted by molar-refractivity contribution is -0.113. The summed E-state index contributed by atoms with van der Waals surface area (Å²) in [4.78, 5) is 27.3. The monoisotopic (exact) mass is 296 g/mol. The maximum absolute atomic E-state index is 12.0. The summed E-state index contributed by atoms with van der Waals surface area (Å²) in [6.45, 7) is 0. The highest BCUT2D eigenvalue weighted by Crippen LogP contribution is 2.19. The first kappa shape index (κ1) is 14.0. The second kappa shape index (κ2) is 5.42. The summed E-state index contributed by atoms with van der Waals surface area (Å²) in [7, 11) is 1.29. The van der Waals surface area contributed by atoms with E-state index in [4.69, 9.17) is 0 Å². The lowest BCUT2D eigenvalue weighted by atomic mass is 10.2. The van der Waals surface area contributed by atoms with Crippen LogP contribution in [0.15, 0.2) is 53.5 Å². The van der Waals surface area contributed by atoms with Crippen LogP contribution in [0.5, 0.6) is 0 Å². The summed E-state index contributed by atoms with van der Waals surface area (Å²) in [5, 5.41) is 12.2. The molecule has 2 aromatic carbocycles. The zero-order valence-corrected chi connectivity index (χ0v) is 11.7. The highest BCUT2D eigenvalue weighted by molar-refractivity contribution is 6.18. The van der Waals surface area contributed by atoms with E-state index in [-0.39, 0.29) is 5.70 Å². The molecule has 6 heteroatoms. The molecule has 110 valence electrons. The molecule has 6 nitrogen and oxygen atoms in total. The van der Waals surface area contributed by atoms with Crippen LogP contribution in [0.25, 0.3) is 5.70 Å². The van der Waals surface area contributed by atoms with Crippen molar-refractivity contribution in [2.45, 2.75) is 0 Å². The van der Waals surface area contributed by atoms with Crippen molar-refractivity contribution in [3.05, 3.63) is 64.7 Å². The van der Waals surface area contributed by atoms with Crippen molar-refractivity contribution in [1.29, 1.82) is 0 Å². The summed E-state index contributed by atoms with van der Waals surface area (Å²) < 4.78 is 4.61. The number of benzene rings is 2. The number of hydrogen-bond acceptors (Lipinski definition) is 5. The molecule has 0 fully saturated rings. The van der Waals surface area contributed by atoms with Crippen molar-refractivity contribution in [3.63, 3.8) is 0 Å².